The summed E-state index contributed by atoms with van der Waals surface area (Å²) in [5.41, 5.74) is 1.71. The molecule has 1 aromatic carbocycles. The lowest BCUT2D eigenvalue weighted by Gasteiger charge is -2.25. The van der Waals surface area contributed by atoms with Gasteiger partial charge >= 0.3 is 0 Å². The third-order valence-corrected chi connectivity index (χ3v) is 6.40. The highest BCUT2D eigenvalue weighted by Gasteiger charge is 2.20. The monoisotopic (exact) mass is 437 g/mol. The Morgan fingerprint density at radius 3 is 2.63 bits per heavy atom. The topological polar surface area (TPSA) is 103 Å². The van der Waals surface area contributed by atoms with E-state index in [1.54, 1.807) is 19.0 Å². The number of carbonyl (C=O) groups is 1. The lowest BCUT2D eigenvalue weighted by atomic mass is 9.86. The Morgan fingerprint density at radius 2 is 2.00 bits per heavy atom. The number of nitrogens with one attached hydrogen (secondary N) is 3. The van der Waals surface area contributed by atoms with Gasteiger partial charge in [0.2, 0.25) is 10.0 Å². The number of rotatable bonds is 11. The van der Waals surface area contributed by atoms with E-state index in [9.17, 15) is 13.2 Å². The maximum Gasteiger partial charge on any atom is 0.253 e. The van der Waals surface area contributed by atoms with E-state index >= 15 is 0 Å². The van der Waals surface area contributed by atoms with Crippen LogP contribution in [0.1, 0.15) is 42.1 Å². The van der Waals surface area contributed by atoms with Gasteiger partial charge in [0.1, 0.15) is 0 Å². The van der Waals surface area contributed by atoms with Gasteiger partial charge in [0.05, 0.1) is 12.3 Å². The largest absolute Gasteiger partial charge is 0.357 e. The first kappa shape index (κ1) is 24.1. The maximum absolute atomic E-state index is 12.1. The molecule has 1 fully saturated rings. The van der Waals surface area contributed by atoms with Crippen LogP contribution >= 0.6 is 0 Å². The van der Waals surface area contributed by atoms with Crippen LogP contribution in [0.15, 0.2) is 29.3 Å². The normalized spacial score (nSPS) is 14.8. The molecule has 1 aliphatic rings. The second kappa shape index (κ2) is 11.9. The van der Waals surface area contributed by atoms with E-state index < -0.39 is 10.0 Å². The Balaban J connectivity index is 1.80. The summed E-state index contributed by atoms with van der Waals surface area (Å²) in [5.74, 6) is 1.04. The van der Waals surface area contributed by atoms with Crippen LogP contribution < -0.4 is 15.4 Å². The molecular formula is C21H35N5O3S. The quantitative estimate of drug-likeness (QED) is 0.357. The van der Waals surface area contributed by atoms with Crippen molar-refractivity contribution in [1.82, 2.24) is 20.3 Å². The third kappa shape index (κ3) is 8.31. The number of nitrogens with zero attached hydrogens (tertiary/aromatic N) is 2. The van der Waals surface area contributed by atoms with Gasteiger partial charge in [-0.3, -0.25) is 9.79 Å². The van der Waals surface area contributed by atoms with Crippen molar-refractivity contribution < 1.29 is 13.2 Å². The van der Waals surface area contributed by atoms with Gasteiger partial charge in [0.15, 0.2) is 5.96 Å². The average molecular weight is 438 g/mol. The van der Waals surface area contributed by atoms with E-state index in [1.807, 2.05) is 31.2 Å². The van der Waals surface area contributed by atoms with Crippen molar-refractivity contribution in [3.8, 4) is 0 Å². The molecule has 1 aliphatic carbocycles. The van der Waals surface area contributed by atoms with E-state index in [2.05, 4.69) is 20.3 Å². The number of sulfonamides is 1. The highest BCUT2D eigenvalue weighted by molar-refractivity contribution is 7.89. The first-order valence-corrected chi connectivity index (χ1v) is 12.3. The molecular weight excluding hydrogens is 402 g/mol. The minimum absolute atomic E-state index is 0.0214. The lowest BCUT2D eigenvalue weighted by molar-refractivity contribution is 0.0827. The van der Waals surface area contributed by atoms with Crippen LogP contribution in [0.3, 0.4) is 0 Å². The van der Waals surface area contributed by atoms with Gasteiger partial charge in [-0.05, 0) is 49.8 Å². The smallest absolute Gasteiger partial charge is 0.253 e. The van der Waals surface area contributed by atoms with Crippen molar-refractivity contribution in [2.75, 3.05) is 46.0 Å². The van der Waals surface area contributed by atoms with E-state index in [1.165, 1.54) is 6.42 Å². The molecule has 2 rings (SSSR count). The van der Waals surface area contributed by atoms with Crippen molar-refractivity contribution in [1.29, 1.82) is 0 Å². The third-order valence-electron chi connectivity index (χ3n) is 5.08. The minimum atomic E-state index is -3.30. The van der Waals surface area contributed by atoms with E-state index in [4.69, 9.17) is 0 Å². The molecule has 0 heterocycles. The van der Waals surface area contributed by atoms with Gasteiger partial charge in [-0.2, -0.15) is 0 Å². The SMILES string of the molecule is CCNC(=NCCS(=O)(=O)NCC1CCC1)NCCc1cccc(C(=O)N(C)C)c1. The van der Waals surface area contributed by atoms with Gasteiger partial charge in [-0.1, -0.05) is 18.6 Å². The number of carbonyl (C=O) groups excluding carboxylic acids is 1. The number of aliphatic imine (C=N–C) groups is 1. The summed E-state index contributed by atoms with van der Waals surface area (Å²) in [6, 6.07) is 7.57. The fraction of sp³-hybridized carbons (Fsp3) is 0.619. The first-order valence-electron chi connectivity index (χ1n) is 10.6. The molecule has 0 saturated heterocycles. The molecule has 0 bridgehead atoms. The number of benzene rings is 1. The molecule has 168 valence electrons. The molecule has 9 heteroatoms. The fourth-order valence-corrected chi connectivity index (χ4v) is 4.04. The number of hydrogen-bond acceptors (Lipinski definition) is 4. The van der Waals surface area contributed by atoms with Crippen molar-refractivity contribution >= 4 is 21.9 Å². The van der Waals surface area contributed by atoms with Crippen LogP contribution in [0.4, 0.5) is 0 Å². The molecule has 0 unspecified atom stereocenters. The van der Waals surface area contributed by atoms with Gasteiger partial charge in [-0.15, -0.1) is 0 Å². The Kier molecular flexibility index (Phi) is 9.58. The van der Waals surface area contributed by atoms with Gasteiger partial charge in [-0.25, -0.2) is 13.1 Å². The summed E-state index contributed by atoms with van der Waals surface area (Å²) >= 11 is 0. The van der Waals surface area contributed by atoms with Crippen LogP contribution in [-0.2, 0) is 16.4 Å². The second-order valence-corrected chi connectivity index (χ2v) is 9.73. The Hall–Kier alpha value is -2.13. The Labute approximate surface area is 180 Å². The number of amides is 1. The molecule has 0 radical (unpaired) electrons. The molecule has 3 N–H and O–H groups in total. The lowest BCUT2D eigenvalue weighted by Crippen LogP contribution is -2.39. The van der Waals surface area contributed by atoms with Gasteiger partial charge < -0.3 is 15.5 Å². The summed E-state index contributed by atoms with van der Waals surface area (Å²) in [4.78, 5) is 18.0. The molecule has 30 heavy (non-hydrogen) atoms. The Bertz CT molecular complexity index is 820. The molecule has 0 atom stereocenters. The summed E-state index contributed by atoms with van der Waals surface area (Å²) in [5, 5.41) is 6.35. The summed E-state index contributed by atoms with van der Waals surface area (Å²) in [6.45, 7) is 4.01. The van der Waals surface area contributed by atoms with E-state index in [-0.39, 0.29) is 18.2 Å². The number of guanidine groups is 1. The minimum Gasteiger partial charge on any atom is -0.357 e. The fourth-order valence-electron chi connectivity index (χ4n) is 3.08. The molecule has 0 aromatic heterocycles. The molecule has 1 amide bonds. The van der Waals surface area contributed by atoms with Crippen LogP contribution in [-0.4, -0.2) is 71.2 Å². The number of hydrogen-bond donors (Lipinski definition) is 3. The van der Waals surface area contributed by atoms with Crippen molar-refractivity contribution in [3.63, 3.8) is 0 Å². The van der Waals surface area contributed by atoms with Gasteiger partial charge in [0, 0.05) is 39.3 Å². The summed E-state index contributed by atoms with van der Waals surface area (Å²) in [6.07, 6.45) is 4.15. The second-order valence-electron chi connectivity index (χ2n) is 7.80. The van der Waals surface area contributed by atoms with Crippen molar-refractivity contribution in [3.05, 3.63) is 35.4 Å². The highest BCUT2D eigenvalue weighted by Crippen LogP contribution is 2.25. The van der Waals surface area contributed by atoms with Crippen molar-refractivity contribution in [2.24, 2.45) is 10.9 Å². The van der Waals surface area contributed by atoms with Crippen LogP contribution in [0.25, 0.3) is 0 Å². The first-order chi connectivity index (χ1) is 14.3. The van der Waals surface area contributed by atoms with Crippen LogP contribution in [0.2, 0.25) is 0 Å². The zero-order chi connectivity index (χ0) is 22.0. The predicted octanol–water partition coefficient (Wildman–Crippen LogP) is 1.21. The summed E-state index contributed by atoms with van der Waals surface area (Å²) in [7, 11) is 0.174. The van der Waals surface area contributed by atoms with Gasteiger partial charge in [0.25, 0.3) is 5.91 Å². The zero-order valence-corrected chi connectivity index (χ0v) is 19.1. The van der Waals surface area contributed by atoms with Crippen molar-refractivity contribution in [2.45, 2.75) is 32.6 Å². The van der Waals surface area contributed by atoms with E-state index in [0.29, 0.717) is 37.1 Å². The molecule has 1 aromatic rings. The van der Waals surface area contributed by atoms with Crippen LogP contribution in [0, 0.1) is 5.92 Å². The molecule has 0 aliphatic heterocycles. The molecule has 8 nitrogen and oxygen atoms in total. The zero-order valence-electron chi connectivity index (χ0n) is 18.3. The van der Waals surface area contributed by atoms with E-state index in [0.717, 1.165) is 24.8 Å². The maximum atomic E-state index is 12.1. The predicted molar refractivity (Wildman–Crippen MR) is 121 cm³/mol. The molecule has 0 spiro atoms. The molecule has 1 saturated carbocycles. The van der Waals surface area contributed by atoms with Crippen LogP contribution in [0.5, 0.6) is 0 Å². The Morgan fingerprint density at radius 1 is 1.23 bits per heavy atom. The average Bonchev–Trinajstić information content (AvgIpc) is 2.66. The standard InChI is InChI=1S/C21H35N5O3S/c1-4-22-21(24-13-14-30(28,29)25-16-18-8-5-9-18)23-12-11-17-7-6-10-19(15-17)20(27)26(2)3/h6-7,10,15,18,25H,4-5,8-9,11-14,16H2,1-3H3,(H2,22,23,24). The summed E-state index contributed by atoms with van der Waals surface area (Å²) < 4.78 is 26.9. The highest BCUT2D eigenvalue weighted by atomic mass is 32.2.